The van der Waals surface area contributed by atoms with Crippen molar-refractivity contribution in [1.82, 2.24) is 0 Å². The molecule has 0 aliphatic carbocycles. The molecule has 3 N–H and O–H groups in total. The molecular formula is C11H16ClNO. The highest BCUT2D eigenvalue weighted by Gasteiger charge is 2.22. The van der Waals surface area contributed by atoms with Crippen LogP contribution in [0, 0.1) is 13.8 Å². The minimum atomic E-state index is -0.577. The van der Waals surface area contributed by atoms with Gasteiger partial charge in [-0.05, 0) is 38.8 Å². The third-order valence-corrected chi connectivity index (χ3v) is 2.90. The molecule has 0 unspecified atom stereocenters. The van der Waals surface area contributed by atoms with Crippen LogP contribution in [-0.2, 0) is 5.54 Å². The van der Waals surface area contributed by atoms with Gasteiger partial charge in [0.05, 0.1) is 5.02 Å². The third-order valence-electron chi connectivity index (χ3n) is 2.44. The Kier molecular flexibility index (Phi) is 2.79. The number of rotatable bonds is 1. The van der Waals surface area contributed by atoms with Gasteiger partial charge >= 0.3 is 0 Å². The molecule has 3 heteroatoms. The van der Waals surface area contributed by atoms with Gasteiger partial charge in [-0.25, -0.2) is 0 Å². The molecule has 0 aromatic heterocycles. The van der Waals surface area contributed by atoms with Gasteiger partial charge in [-0.2, -0.15) is 0 Å². The summed E-state index contributed by atoms with van der Waals surface area (Å²) >= 11 is 5.99. The highest BCUT2D eigenvalue weighted by molar-refractivity contribution is 6.33. The summed E-state index contributed by atoms with van der Waals surface area (Å²) in [6.45, 7) is 7.51. The molecule has 1 aromatic rings. The summed E-state index contributed by atoms with van der Waals surface area (Å²) in [7, 11) is 0. The number of nitrogens with two attached hydrogens (primary N) is 1. The van der Waals surface area contributed by atoms with Gasteiger partial charge in [0.15, 0.2) is 0 Å². The first-order valence-corrected chi connectivity index (χ1v) is 4.91. The van der Waals surface area contributed by atoms with E-state index < -0.39 is 5.54 Å². The van der Waals surface area contributed by atoms with E-state index in [-0.39, 0.29) is 5.75 Å². The number of halogens is 1. The van der Waals surface area contributed by atoms with E-state index in [1.807, 2.05) is 33.8 Å². The molecule has 0 aliphatic rings. The van der Waals surface area contributed by atoms with Crippen LogP contribution in [0.15, 0.2) is 6.07 Å². The van der Waals surface area contributed by atoms with E-state index in [0.717, 1.165) is 11.1 Å². The summed E-state index contributed by atoms with van der Waals surface area (Å²) in [5, 5.41) is 10.2. The largest absolute Gasteiger partial charge is 0.506 e. The number of benzene rings is 1. The van der Waals surface area contributed by atoms with Crippen LogP contribution in [0.3, 0.4) is 0 Å². The second-order valence-electron chi connectivity index (χ2n) is 4.25. The third kappa shape index (κ3) is 1.86. The molecule has 0 saturated heterocycles. The molecule has 0 spiro atoms. The van der Waals surface area contributed by atoms with Crippen molar-refractivity contribution in [3.63, 3.8) is 0 Å². The van der Waals surface area contributed by atoms with E-state index >= 15 is 0 Å². The highest BCUT2D eigenvalue weighted by Crippen LogP contribution is 2.37. The van der Waals surface area contributed by atoms with Crippen molar-refractivity contribution in [1.29, 1.82) is 0 Å². The Morgan fingerprint density at radius 2 is 1.86 bits per heavy atom. The first-order chi connectivity index (χ1) is 6.25. The number of phenols is 1. The molecule has 0 saturated carbocycles. The molecule has 1 aromatic carbocycles. The molecule has 14 heavy (non-hydrogen) atoms. The second-order valence-corrected chi connectivity index (χ2v) is 4.63. The Morgan fingerprint density at radius 3 is 2.29 bits per heavy atom. The molecule has 0 radical (unpaired) electrons. The van der Waals surface area contributed by atoms with Crippen molar-refractivity contribution in [3.05, 3.63) is 27.8 Å². The zero-order valence-electron chi connectivity index (χ0n) is 8.98. The molecule has 78 valence electrons. The number of aryl methyl sites for hydroxylation is 1. The topological polar surface area (TPSA) is 46.2 Å². The molecular weight excluding hydrogens is 198 g/mol. The number of aromatic hydroxyl groups is 1. The Balaban J connectivity index is 3.49. The van der Waals surface area contributed by atoms with Gasteiger partial charge in [-0.15, -0.1) is 0 Å². The Bertz CT molecular complexity index is 367. The maximum absolute atomic E-state index is 9.83. The second kappa shape index (κ2) is 3.44. The summed E-state index contributed by atoms with van der Waals surface area (Å²) in [5.74, 6) is 0.0993. The molecule has 0 heterocycles. The maximum atomic E-state index is 9.83. The summed E-state index contributed by atoms with van der Waals surface area (Å²) in [4.78, 5) is 0. The van der Waals surface area contributed by atoms with E-state index in [9.17, 15) is 5.11 Å². The molecule has 0 amide bonds. The fourth-order valence-corrected chi connectivity index (χ4v) is 1.60. The van der Waals surface area contributed by atoms with E-state index in [4.69, 9.17) is 17.3 Å². The van der Waals surface area contributed by atoms with E-state index in [2.05, 4.69) is 0 Å². The Morgan fingerprint density at radius 1 is 1.36 bits per heavy atom. The minimum absolute atomic E-state index is 0.0993. The van der Waals surface area contributed by atoms with Gasteiger partial charge in [0.1, 0.15) is 5.75 Å². The van der Waals surface area contributed by atoms with E-state index in [1.165, 1.54) is 0 Å². The van der Waals surface area contributed by atoms with Crippen LogP contribution in [-0.4, -0.2) is 5.11 Å². The van der Waals surface area contributed by atoms with Gasteiger partial charge in [0.2, 0.25) is 0 Å². The lowest BCUT2D eigenvalue weighted by molar-refractivity contribution is 0.440. The van der Waals surface area contributed by atoms with Crippen molar-refractivity contribution in [2.75, 3.05) is 0 Å². The standard InChI is InChI=1S/C11H16ClNO/c1-6-5-8(11(3,4)13)10(14)9(12)7(6)2/h5,14H,13H2,1-4H3. The summed E-state index contributed by atoms with van der Waals surface area (Å²) in [6, 6.07) is 1.89. The van der Waals surface area contributed by atoms with Crippen molar-refractivity contribution in [3.8, 4) is 5.75 Å². The van der Waals surface area contributed by atoms with Crippen LogP contribution < -0.4 is 5.73 Å². The first kappa shape index (κ1) is 11.3. The minimum Gasteiger partial charge on any atom is -0.506 e. The quantitative estimate of drug-likeness (QED) is 0.754. The van der Waals surface area contributed by atoms with Crippen molar-refractivity contribution in [2.24, 2.45) is 5.73 Å². The van der Waals surface area contributed by atoms with Crippen LogP contribution in [0.1, 0.15) is 30.5 Å². The van der Waals surface area contributed by atoms with Crippen LogP contribution in [0.2, 0.25) is 5.02 Å². The van der Waals surface area contributed by atoms with Crippen LogP contribution in [0.25, 0.3) is 0 Å². The summed E-state index contributed by atoms with van der Waals surface area (Å²) in [6.07, 6.45) is 0. The van der Waals surface area contributed by atoms with E-state index in [1.54, 1.807) is 0 Å². The number of phenolic OH excluding ortho intramolecular Hbond substituents is 1. The molecule has 0 fully saturated rings. The summed E-state index contributed by atoms with van der Waals surface area (Å²) < 4.78 is 0. The van der Waals surface area contributed by atoms with Gasteiger partial charge in [-0.1, -0.05) is 17.7 Å². The van der Waals surface area contributed by atoms with E-state index in [0.29, 0.717) is 10.6 Å². The average molecular weight is 214 g/mol. The predicted molar refractivity (Wildman–Crippen MR) is 59.8 cm³/mol. The molecule has 0 bridgehead atoms. The summed E-state index contributed by atoms with van der Waals surface area (Å²) in [5.41, 5.74) is 7.98. The lowest BCUT2D eigenvalue weighted by Crippen LogP contribution is -2.29. The monoisotopic (exact) mass is 213 g/mol. The number of hydrogen-bond donors (Lipinski definition) is 2. The highest BCUT2D eigenvalue weighted by atomic mass is 35.5. The van der Waals surface area contributed by atoms with Crippen molar-refractivity contribution >= 4 is 11.6 Å². The van der Waals surface area contributed by atoms with Crippen LogP contribution >= 0.6 is 11.6 Å². The SMILES string of the molecule is Cc1cc(C(C)(C)N)c(O)c(Cl)c1C. The van der Waals surface area contributed by atoms with Gasteiger partial charge < -0.3 is 10.8 Å². The van der Waals surface area contributed by atoms with Gasteiger partial charge in [0.25, 0.3) is 0 Å². The van der Waals surface area contributed by atoms with Gasteiger partial charge in [0, 0.05) is 11.1 Å². The zero-order valence-corrected chi connectivity index (χ0v) is 9.74. The Hall–Kier alpha value is -0.730. The van der Waals surface area contributed by atoms with Crippen molar-refractivity contribution in [2.45, 2.75) is 33.2 Å². The average Bonchev–Trinajstić information content (AvgIpc) is 2.06. The smallest absolute Gasteiger partial charge is 0.139 e. The molecule has 0 atom stereocenters. The zero-order chi connectivity index (χ0) is 11.1. The molecule has 2 nitrogen and oxygen atoms in total. The number of hydrogen-bond acceptors (Lipinski definition) is 2. The van der Waals surface area contributed by atoms with Crippen molar-refractivity contribution < 1.29 is 5.11 Å². The molecule has 1 rings (SSSR count). The maximum Gasteiger partial charge on any atom is 0.139 e. The lowest BCUT2D eigenvalue weighted by Gasteiger charge is -2.22. The first-order valence-electron chi connectivity index (χ1n) is 4.53. The Labute approximate surface area is 89.7 Å². The van der Waals surface area contributed by atoms with Crippen LogP contribution in [0.4, 0.5) is 0 Å². The lowest BCUT2D eigenvalue weighted by atomic mass is 9.91. The predicted octanol–water partition coefficient (Wildman–Crippen LogP) is 2.86. The fraction of sp³-hybridized carbons (Fsp3) is 0.455. The van der Waals surface area contributed by atoms with Gasteiger partial charge in [-0.3, -0.25) is 0 Å². The molecule has 0 aliphatic heterocycles. The fourth-order valence-electron chi connectivity index (χ4n) is 1.35. The normalized spacial score (nSPS) is 11.9. The van der Waals surface area contributed by atoms with Crippen LogP contribution in [0.5, 0.6) is 5.75 Å².